The molecule has 0 aliphatic heterocycles. The van der Waals surface area contributed by atoms with Gasteiger partial charge in [-0.1, -0.05) is 74.0 Å². The van der Waals surface area contributed by atoms with Gasteiger partial charge >= 0.3 is 17.9 Å². The molecule has 0 bridgehead atoms. The number of benzene rings is 3. The number of halogens is 4. The van der Waals surface area contributed by atoms with Gasteiger partial charge in [0.05, 0.1) is 16.1 Å². The largest absolute Gasteiger partial charge is 0.437 e. The number of carbonyl (C=O) groups excluding carboxylic acids is 1. The van der Waals surface area contributed by atoms with Gasteiger partial charge in [0.15, 0.2) is 6.07 Å². The number of para-hydroxylation sites is 1. The molecule has 0 fully saturated rings. The first-order valence-corrected chi connectivity index (χ1v) is 11.0. The Morgan fingerprint density at radius 3 is 2.11 bits per heavy atom. The molecular formula is C26H22ClF3N2O3. The Kier molecular flexibility index (Phi) is 7.92. The molecule has 0 spiro atoms. The summed E-state index contributed by atoms with van der Waals surface area (Å²) in [6, 6.07) is 20.7. The van der Waals surface area contributed by atoms with E-state index in [0.29, 0.717) is 11.3 Å². The summed E-state index contributed by atoms with van der Waals surface area (Å²) >= 11 is 5.82. The monoisotopic (exact) mass is 502 g/mol. The second-order valence-electron chi connectivity index (χ2n) is 7.99. The van der Waals surface area contributed by atoms with Crippen molar-refractivity contribution in [3.05, 3.63) is 95.0 Å². The van der Waals surface area contributed by atoms with Crippen molar-refractivity contribution >= 4 is 23.3 Å². The number of esters is 1. The van der Waals surface area contributed by atoms with E-state index in [1.165, 1.54) is 6.07 Å². The van der Waals surface area contributed by atoms with E-state index in [1.807, 2.05) is 6.07 Å². The summed E-state index contributed by atoms with van der Waals surface area (Å²) < 4.78 is 50.7. The van der Waals surface area contributed by atoms with Gasteiger partial charge in [-0.3, -0.25) is 0 Å². The lowest BCUT2D eigenvalue weighted by Crippen LogP contribution is -2.44. The first-order chi connectivity index (χ1) is 16.6. The van der Waals surface area contributed by atoms with Crippen LogP contribution in [0.4, 0.5) is 18.9 Å². The summed E-state index contributed by atoms with van der Waals surface area (Å²) in [6.45, 7) is 3.44. The van der Waals surface area contributed by atoms with Crippen LogP contribution in [0, 0.1) is 17.2 Å². The van der Waals surface area contributed by atoms with Crippen LogP contribution in [-0.4, -0.2) is 12.0 Å². The fourth-order valence-electron chi connectivity index (χ4n) is 3.28. The lowest BCUT2D eigenvalue weighted by Gasteiger charge is -2.31. The van der Waals surface area contributed by atoms with Crippen molar-refractivity contribution in [3.63, 3.8) is 0 Å². The van der Waals surface area contributed by atoms with Crippen molar-refractivity contribution in [3.8, 4) is 11.8 Å². The highest BCUT2D eigenvalue weighted by molar-refractivity contribution is 6.31. The molecule has 0 saturated carbocycles. The highest BCUT2D eigenvalue weighted by atomic mass is 35.5. The van der Waals surface area contributed by atoms with Crippen LogP contribution in [-0.2, 0) is 21.5 Å². The minimum Gasteiger partial charge on any atom is -0.437 e. The Labute approximate surface area is 206 Å². The predicted molar refractivity (Wildman–Crippen MR) is 126 cm³/mol. The van der Waals surface area contributed by atoms with Crippen LogP contribution in [0.15, 0.2) is 78.9 Å². The van der Waals surface area contributed by atoms with Crippen LogP contribution < -0.4 is 10.1 Å². The number of nitrogens with zero attached hydrogens (tertiary/aromatic N) is 1. The second kappa shape index (κ2) is 10.7. The van der Waals surface area contributed by atoms with Gasteiger partial charge in [0.25, 0.3) is 0 Å². The molecule has 5 nitrogen and oxygen atoms in total. The fourth-order valence-corrected chi connectivity index (χ4v) is 3.57. The van der Waals surface area contributed by atoms with E-state index in [1.54, 1.807) is 74.5 Å². The molecule has 0 saturated heterocycles. The summed E-state index contributed by atoms with van der Waals surface area (Å²) in [5.74, 6) is -3.01. The standard InChI is InChI=1S/C26H22ClF3N2O3/c1-17(2)23(32-19-13-14-21(22(27)15-19)26(28,29)30)24(33)35-25(16-31,18-9-5-3-6-10-18)34-20-11-7-4-8-12-20/h3-15,17,23,32H,1-2H3/t23-,25?/m1/s1. The Balaban J connectivity index is 1.92. The van der Waals surface area contributed by atoms with E-state index < -0.39 is 34.6 Å². The molecule has 35 heavy (non-hydrogen) atoms. The molecule has 1 N–H and O–H groups in total. The van der Waals surface area contributed by atoms with Gasteiger partial charge in [-0.05, 0) is 36.2 Å². The molecule has 0 radical (unpaired) electrons. The maximum Gasteiger partial charge on any atom is 0.417 e. The molecule has 3 aromatic carbocycles. The van der Waals surface area contributed by atoms with Crippen molar-refractivity contribution in [1.29, 1.82) is 5.26 Å². The van der Waals surface area contributed by atoms with Gasteiger partial charge in [0, 0.05) is 5.69 Å². The molecule has 9 heteroatoms. The van der Waals surface area contributed by atoms with Crippen molar-refractivity contribution < 1.29 is 27.4 Å². The summed E-state index contributed by atoms with van der Waals surface area (Å²) in [6.07, 6.45) is -4.61. The molecule has 0 aliphatic rings. The molecule has 182 valence electrons. The highest BCUT2D eigenvalue weighted by Crippen LogP contribution is 2.36. The third-order valence-corrected chi connectivity index (χ3v) is 5.38. The third kappa shape index (κ3) is 6.25. The minimum atomic E-state index is -4.61. The van der Waals surface area contributed by atoms with E-state index in [-0.39, 0.29) is 11.6 Å². The van der Waals surface area contributed by atoms with E-state index >= 15 is 0 Å². The molecular weight excluding hydrogens is 481 g/mol. The first kappa shape index (κ1) is 25.9. The zero-order valence-electron chi connectivity index (χ0n) is 18.8. The van der Waals surface area contributed by atoms with Crippen molar-refractivity contribution in [2.75, 3.05) is 5.32 Å². The zero-order valence-corrected chi connectivity index (χ0v) is 19.6. The smallest absolute Gasteiger partial charge is 0.417 e. The average Bonchev–Trinajstić information content (AvgIpc) is 2.82. The van der Waals surface area contributed by atoms with E-state index in [2.05, 4.69) is 5.32 Å². The summed E-state index contributed by atoms with van der Waals surface area (Å²) in [5, 5.41) is 12.5. The molecule has 2 atom stereocenters. The number of alkyl halides is 3. The summed E-state index contributed by atoms with van der Waals surface area (Å²) in [7, 11) is 0. The summed E-state index contributed by atoms with van der Waals surface area (Å²) in [4.78, 5) is 13.3. The Hall–Kier alpha value is -3.70. The van der Waals surface area contributed by atoms with E-state index in [0.717, 1.165) is 12.1 Å². The molecule has 0 aromatic heterocycles. The lowest BCUT2D eigenvalue weighted by atomic mass is 10.0. The molecule has 1 unspecified atom stereocenters. The molecule has 0 amide bonds. The second-order valence-corrected chi connectivity index (χ2v) is 8.40. The number of hydrogen-bond acceptors (Lipinski definition) is 5. The van der Waals surface area contributed by atoms with Gasteiger partial charge in [0.2, 0.25) is 0 Å². The summed E-state index contributed by atoms with van der Waals surface area (Å²) in [5.41, 5.74) is -0.512. The van der Waals surface area contributed by atoms with Crippen molar-refractivity contribution in [1.82, 2.24) is 0 Å². The quantitative estimate of drug-likeness (QED) is 0.271. The topological polar surface area (TPSA) is 71.3 Å². The lowest BCUT2D eigenvalue weighted by molar-refractivity contribution is -0.185. The Morgan fingerprint density at radius 1 is 1.00 bits per heavy atom. The zero-order chi connectivity index (χ0) is 25.6. The van der Waals surface area contributed by atoms with Crippen LogP contribution in [0.25, 0.3) is 0 Å². The average molecular weight is 503 g/mol. The van der Waals surface area contributed by atoms with Crippen molar-refractivity contribution in [2.45, 2.75) is 31.9 Å². The number of nitriles is 1. The molecule has 0 aliphatic carbocycles. The van der Waals surface area contributed by atoms with Crippen LogP contribution in [0.3, 0.4) is 0 Å². The number of carbonyl (C=O) groups is 1. The number of rotatable bonds is 8. The van der Waals surface area contributed by atoms with Gasteiger partial charge in [0.1, 0.15) is 11.8 Å². The predicted octanol–water partition coefficient (Wildman–Crippen LogP) is 6.79. The van der Waals surface area contributed by atoms with Crippen LogP contribution in [0.2, 0.25) is 5.02 Å². The normalized spacial score (nSPS) is 13.9. The van der Waals surface area contributed by atoms with Gasteiger partial charge in [-0.15, -0.1) is 0 Å². The molecule has 3 aromatic rings. The van der Waals surface area contributed by atoms with Crippen LogP contribution in [0.1, 0.15) is 25.0 Å². The SMILES string of the molecule is CC(C)[C@@H](Nc1ccc(C(F)(F)F)c(Cl)c1)C(=O)OC(C#N)(Oc1ccccc1)c1ccccc1. The maximum absolute atomic E-state index is 13.3. The maximum atomic E-state index is 13.3. The van der Waals surface area contributed by atoms with E-state index in [4.69, 9.17) is 21.1 Å². The van der Waals surface area contributed by atoms with Crippen molar-refractivity contribution in [2.24, 2.45) is 5.92 Å². The Morgan fingerprint density at radius 2 is 1.60 bits per heavy atom. The van der Waals surface area contributed by atoms with Gasteiger partial charge in [-0.25, -0.2) is 4.79 Å². The minimum absolute atomic E-state index is 0.185. The first-order valence-electron chi connectivity index (χ1n) is 10.6. The fraction of sp³-hybridized carbons (Fsp3) is 0.231. The van der Waals surface area contributed by atoms with Gasteiger partial charge < -0.3 is 14.8 Å². The van der Waals surface area contributed by atoms with Gasteiger partial charge in [-0.2, -0.15) is 18.4 Å². The number of nitrogens with one attached hydrogen (secondary N) is 1. The number of hydrogen-bond donors (Lipinski definition) is 1. The van der Waals surface area contributed by atoms with Crippen LogP contribution >= 0.6 is 11.6 Å². The highest BCUT2D eigenvalue weighted by Gasteiger charge is 2.42. The molecule has 0 heterocycles. The Bertz CT molecular complexity index is 1200. The third-order valence-electron chi connectivity index (χ3n) is 5.07. The van der Waals surface area contributed by atoms with Crippen LogP contribution in [0.5, 0.6) is 5.75 Å². The number of ether oxygens (including phenoxy) is 2. The molecule has 3 rings (SSSR count). The number of anilines is 1. The van der Waals surface area contributed by atoms with E-state index in [9.17, 15) is 23.2 Å².